The van der Waals surface area contributed by atoms with Crippen LogP contribution in [0.25, 0.3) is 0 Å². The summed E-state index contributed by atoms with van der Waals surface area (Å²) in [7, 11) is 0. The Kier molecular flexibility index (Phi) is 8.04. The molecule has 2 fully saturated rings. The maximum Gasteiger partial charge on any atom is 0.169 e. The van der Waals surface area contributed by atoms with Crippen molar-refractivity contribution in [2.75, 3.05) is 0 Å². The first-order chi connectivity index (χ1) is 11.8. The van der Waals surface area contributed by atoms with E-state index in [-0.39, 0.29) is 0 Å². The Hall–Kier alpha value is -0.310. The van der Waals surface area contributed by atoms with Crippen molar-refractivity contribution in [2.45, 2.75) is 111 Å². The van der Waals surface area contributed by atoms with E-state index >= 15 is 0 Å². The number of nitrogens with one attached hydrogen (secondary N) is 1. The van der Waals surface area contributed by atoms with E-state index in [2.05, 4.69) is 51.8 Å². The van der Waals surface area contributed by atoms with Crippen molar-refractivity contribution in [3.8, 4) is 0 Å². The molecule has 2 saturated carbocycles. The molecule has 3 heteroatoms. The summed E-state index contributed by atoms with van der Waals surface area (Å²) < 4.78 is 0. The lowest BCUT2D eigenvalue weighted by Crippen LogP contribution is -2.60. The highest BCUT2D eigenvalue weighted by atomic mass is 32.1. The minimum atomic E-state index is 0.414. The predicted molar refractivity (Wildman–Crippen MR) is 114 cm³/mol. The molecule has 2 atom stereocenters. The van der Waals surface area contributed by atoms with Crippen LogP contribution in [-0.4, -0.2) is 28.1 Å². The lowest BCUT2D eigenvalue weighted by molar-refractivity contribution is 0.0247. The second-order valence-corrected chi connectivity index (χ2v) is 9.93. The molecular weight excluding hydrogens is 324 g/mol. The third-order valence-electron chi connectivity index (χ3n) is 6.60. The second kappa shape index (κ2) is 9.58. The molecule has 2 aliphatic rings. The van der Waals surface area contributed by atoms with E-state index in [4.69, 9.17) is 12.2 Å². The van der Waals surface area contributed by atoms with E-state index in [9.17, 15) is 0 Å². The van der Waals surface area contributed by atoms with Gasteiger partial charge in [-0.2, -0.15) is 0 Å². The summed E-state index contributed by atoms with van der Waals surface area (Å²) in [5.74, 6) is 3.02. The van der Waals surface area contributed by atoms with Crippen LogP contribution in [-0.2, 0) is 0 Å². The van der Waals surface area contributed by atoms with Gasteiger partial charge in [0, 0.05) is 18.1 Å². The molecule has 0 aliphatic heterocycles. The summed E-state index contributed by atoms with van der Waals surface area (Å²) in [6, 6.07) is 1.69. The molecule has 0 spiro atoms. The van der Waals surface area contributed by atoms with Gasteiger partial charge in [0.25, 0.3) is 0 Å². The van der Waals surface area contributed by atoms with E-state index in [1.54, 1.807) is 0 Å². The van der Waals surface area contributed by atoms with Gasteiger partial charge in [-0.1, -0.05) is 53.4 Å². The highest BCUT2D eigenvalue weighted by Crippen LogP contribution is 2.42. The third-order valence-corrected chi connectivity index (χ3v) is 6.93. The lowest BCUT2D eigenvalue weighted by Gasteiger charge is -2.52. The van der Waals surface area contributed by atoms with Gasteiger partial charge in [0.1, 0.15) is 0 Å². The number of thiocarbonyl (C=S) groups is 1. The first-order valence-corrected chi connectivity index (χ1v) is 11.3. The van der Waals surface area contributed by atoms with E-state index in [0.717, 1.165) is 28.8 Å². The van der Waals surface area contributed by atoms with Crippen LogP contribution in [0.3, 0.4) is 0 Å². The molecule has 0 bridgehead atoms. The van der Waals surface area contributed by atoms with E-state index in [1.165, 1.54) is 51.4 Å². The first-order valence-electron chi connectivity index (χ1n) is 10.9. The van der Waals surface area contributed by atoms with Crippen LogP contribution in [0.4, 0.5) is 0 Å². The van der Waals surface area contributed by atoms with Crippen molar-refractivity contribution in [3.05, 3.63) is 0 Å². The summed E-state index contributed by atoms with van der Waals surface area (Å²) in [4.78, 5) is 2.73. The van der Waals surface area contributed by atoms with Gasteiger partial charge in [-0.25, -0.2) is 0 Å². The minimum absolute atomic E-state index is 0.414. The van der Waals surface area contributed by atoms with Crippen molar-refractivity contribution in [2.24, 2.45) is 23.7 Å². The Balaban J connectivity index is 2.36. The molecule has 0 heterocycles. The van der Waals surface area contributed by atoms with Gasteiger partial charge in [0.15, 0.2) is 5.11 Å². The Morgan fingerprint density at radius 2 is 1.32 bits per heavy atom. The normalized spacial score (nSPS) is 28.6. The average Bonchev–Trinajstić information content (AvgIpc) is 2.55. The summed E-state index contributed by atoms with van der Waals surface area (Å²) in [5.41, 5.74) is 0. The van der Waals surface area contributed by atoms with Crippen LogP contribution >= 0.6 is 12.2 Å². The Labute approximate surface area is 162 Å². The van der Waals surface area contributed by atoms with Gasteiger partial charge in [-0.05, 0) is 75.4 Å². The van der Waals surface area contributed by atoms with Gasteiger partial charge < -0.3 is 10.2 Å². The fourth-order valence-corrected chi connectivity index (χ4v) is 5.85. The van der Waals surface area contributed by atoms with Crippen molar-refractivity contribution >= 4 is 17.3 Å². The molecule has 2 unspecified atom stereocenters. The lowest BCUT2D eigenvalue weighted by atomic mass is 9.67. The molecule has 0 aromatic carbocycles. The fraction of sp³-hybridized carbons (Fsp3) is 0.955. The average molecular weight is 367 g/mol. The summed E-state index contributed by atoms with van der Waals surface area (Å²) in [5, 5.41) is 4.65. The molecular formula is C22H42N2S. The van der Waals surface area contributed by atoms with Gasteiger partial charge in [-0.3, -0.25) is 0 Å². The molecule has 0 saturated heterocycles. The smallest absolute Gasteiger partial charge is 0.169 e. The van der Waals surface area contributed by atoms with Gasteiger partial charge in [0.05, 0.1) is 0 Å². The topological polar surface area (TPSA) is 15.3 Å². The van der Waals surface area contributed by atoms with Crippen molar-refractivity contribution in [1.29, 1.82) is 0 Å². The van der Waals surface area contributed by atoms with Crippen LogP contribution in [0.1, 0.15) is 92.9 Å². The quantitative estimate of drug-likeness (QED) is 0.601. The number of nitrogens with zero attached hydrogens (tertiary/aromatic N) is 1. The number of rotatable bonds is 5. The first kappa shape index (κ1) is 21.0. The zero-order valence-corrected chi connectivity index (χ0v) is 18.4. The molecule has 146 valence electrons. The molecule has 0 amide bonds. The monoisotopic (exact) mass is 366 g/mol. The van der Waals surface area contributed by atoms with E-state index < -0.39 is 0 Å². The van der Waals surface area contributed by atoms with Crippen LogP contribution in [0, 0.1) is 23.7 Å². The highest BCUT2D eigenvalue weighted by Gasteiger charge is 2.43. The van der Waals surface area contributed by atoms with Crippen LogP contribution in [0.2, 0.25) is 0 Å². The highest BCUT2D eigenvalue weighted by molar-refractivity contribution is 7.80. The van der Waals surface area contributed by atoms with Crippen LogP contribution in [0.15, 0.2) is 0 Å². The van der Waals surface area contributed by atoms with E-state index in [1.807, 2.05) is 0 Å². The van der Waals surface area contributed by atoms with Gasteiger partial charge in [0.2, 0.25) is 0 Å². The molecule has 2 aliphatic carbocycles. The molecule has 2 nitrogen and oxygen atoms in total. The van der Waals surface area contributed by atoms with Crippen molar-refractivity contribution in [3.63, 3.8) is 0 Å². The molecule has 25 heavy (non-hydrogen) atoms. The minimum Gasteiger partial charge on any atom is -0.360 e. The molecule has 1 N–H and O–H groups in total. The summed E-state index contributed by atoms with van der Waals surface area (Å²) in [6.07, 6.45) is 10.9. The number of hydrogen-bond donors (Lipinski definition) is 1. The van der Waals surface area contributed by atoms with Gasteiger partial charge in [-0.15, -0.1) is 0 Å². The molecule has 2 rings (SSSR count). The molecule has 0 aromatic heterocycles. The Bertz CT molecular complexity index is 396. The summed E-state index contributed by atoms with van der Waals surface area (Å²) >= 11 is 6.01. The largest absolute Gasteiger partial charge is 0.360 e. The van der Waals surface area contributed by atoms with Gasteiger partial charge >= 0.3 is 0 Å². The zero-order chi connectivity index (χ0) is 18.6. The van der Waals surface area contributed by atoms with Crippen LogP contribution in [0.5, 0.6) is 0 Å². The standard InChI is InChI=1S/C22H42N2S/c1-15(2)19-13-10-14-20(16(3)4)21(19)24(22(25)23-17(5)6)18-11-8-7-9-12-18/h15-21H,7-14H2,1-6H3,(H,23,25). The maximum absolute atomic E-state index is 6.01. The Morgan fingerprint density at radius 3 is 1.76 bits per heavy atom. The third kappa shape index (κ3) is 5.34. The Morgan fingerprint density at radius 1 is 0.800 bits per heavy atom. The SMILES string of the molecule is CC(C)NC(=S)N(C1CCCCC1)C1C(C(C)C)CCCC1C(C)C. The van der Waals surface area contributed by atoms with Crippen LogP contribution < -0.4 is 5.32 Å². The maximum atomic E-state index is 6.01. The van der Waals surface area contributed by atoms with Crippen molar-refractivity contribution in [1.82, 2.24) is 10.2 Å². The van der Waals surface area contributed by atoms with Crippen molar-refractivity contribution < 1.29 is 0 Å². The molecule has 0 radical (unpaired) electrons. The van der Waals surface area contributed by atoms with E-state index in [0.29, 0.717) is 18.1 Å². The second-order valence-electron chi connectivity index (χ2n) is 9.54. The number of hydrogen-bond acceptors (Lipinski definition) is 1. The summed E-state index contributed by atoms with van der Waals surface area (Å²) in [6.45, 7) is 14.1. The molecule has 0 aromatic rings. The zero-order valence-electron chi connectivity index (χ0n) is 17.6. The predicted octanol–water partition coefficient (Wildman–Crippen LogP) is 6.00. The fourth-order valence-electron chi connectivity index (χ4n) is 5.34.